The van der Waals surface area contributed by atoms with E-state index in [1.165, 1.54) is 39.0 Å². The van der Waals surface area contributed by atoms with Crippen molar-refractivity contribution in [3.63, 3.8) is 0 Å². The van der Waals surface area contributed by atoms with Crippen LogP contribution in [0.4, 0.5) is 0 Å². The number of methoxy groups -OCH3 is 1. The molecule has 4 aromatic carbocycles. The second kappa shape index (κ2) is 22.9. The Morgan fingerprint density at radius 3 is 2.22 bits per heavy atom. The number of unbranched alkanes of at least 4 members (excludes halogenated alkanes) is 1. The number of phenols is 1. The van der Waals surface area contributed by atoms with Crippen LogP contribution < -0.4 is 37.5 Å². The highest BCUT2D eigenvalue weighted by Gasteiger charge is 2.36. The number of amides is 5. The van der Waals surface area contributed by atoms with E-state index in [0.29, 0.717) is 46.8 Å². The number of phenolic OH excluding ortho intramolecular Hbond substituents is 1. The number of ketones is 1. The van der Waals surface area contributed by atoms with Gasteiger partial charge in [0, 0.05) is 48.8 Å². The second-order valence-electron chi connectivity index (χ2n) is 15.6. The molecule has 5 amide bonds. The number of rotatable bonds is 17. The SMILES string of the molecule is COCC(=O)C(C)NC(=O)C1Cc2ccc(O)c(c2)-c2cc(ccc2OCCN)C(N(C)C(=O)C(CCCCN)NC(=O)c2ccc(-c3ccc(Cl)cc3)cc2)C(=O)NC(C)C(=O)N1. The summed E-state index contributed by atoms with van der Waals surface area (Å²) < 4.78 is 10.9. The van der Waals surface area contributed by atoms with Gasteiger partial charge in [0.25, 0.3) is 5.91 Å². The normalized spacial score (nSPS) is 17.1. The first-order valence-electron chi connectivity index (χ1n) is 21.0. The Labute approximate surface area is 377 Å². The Morgan fingerprint density at radius 1 is 0.875 bits per heavy atom. The molecule has 1 heterocycles. The molecule has 16 nitrogen and oxygen atoms in total. The maximum absolute atomic E-state index is 14.7. The molecule has 1 aliphatic rings. The van der Waals surface area contributed by atoms with Gasteiger partial charge in [0.2, 0.25) is 23.6 Å². The summed E-state index contributed by atoms with van der Waals surface area (Å²) >= 11 is 6.06. The molecule has 340 valence electrons. The van der Waals surface area contributed by atoms with Crippen LogP contribution in [-0.4, -0.2) is 110 Å². The minimum Gasteiger partial charge on any atom is -0.507 e. The summed E-state index contributed by atoms with van der Waals surface area (Å²) in [6.45, 7) is 3.31. The number of Topliss-reactive ketones (excluding diaryl/α,β-unsaturated/α-hetero) is 1. The van der Waals surface area contributed by atoms with Gasteiger partial charge in [-0.2, -0.15) is 0 Å². The molecular formula is C47H56ClN7O9. The van der Waals surface area contributed by atoms with E-state index in [-0.39, 0.29) is 49.5 Å². The van der Waals surface area contributed by atoms with Crippen molar-refractivity contribution in [2.45, 2.75) is 69.7 Å². The van der Waals surface area contributed by atoms with E-state index in [4.69, 9.17) is 32.5 Å². The first-order valence-corrected chi connectivity index (χ1v) is 21.4. The van der Waals surface area contributed by atoms with Gasteiger partial charge in [-0.1, -0.05) is 48.0 Å². The molecule has 64 heavy (non-hydrogen) atoms. The third-order valence-corrected chi connectivity index (χ3v) is 11.1. The number of benzene rings is 4. The predicted molar refractivity (Wildman–Crippen MR) is 242 cm³/mol. The van der Waals surface area contributed by atoms with E-state index in [2.05, 4.69) is 21.3 Å². The number of carbonyl (C=O) groups excluding carboxylic acids is 6. The second-order valence-corrected chi connectivity index (χ2v) is 16.1. The number of carbonyl (C=O) groups is 6. The van der Waals surface area contributed by atoms with Gasteiger partial charge in [0.05, 0.1) is 6.04 Å². The van der Waals surface area contributed by atoms with Crippen LogP contribution in [0.1, 0.15) is 60.6 Å². The summed E-state index contributed by atoms with van der Waals surface area (Å²) in [7, 11) is 2.78. The number of fused-ring (bicyclic) bond motifs is 5. The topological polar surface area (TPSA) is 245 Å². The lowest BCUT2D eigenvalue weighted by Crippen LogP contribution is -2.57. The summed E-state index contributed by atoms with van der Waals surface area (Å²) in [4.78, 5) is 84.2. The van der Waals surface area contributed by atoms with Crippen molar-refractivity contribution in [3.8, 4) is 33.8 Å². The molecule has 0 aromatic heterocycles. The van der Waals surface area contributed by atoms with Crippen LogP contribution in [0, 0.1) is 0 Å². The standard InChI is InChI=1S/C47H56ClN7O9/c1-27(40(57)26-63-4)51-45(60)38-24-29-8-18-39(56)35(23-29)36-25-33(15-19-41(36)64-22-21-50)42(46(61)52-28(2)43(58)54-38)55(3)47(62)37(7-5-6-20-49)53-44(59)32-11-9-30(10-12-32)31-13-16-34(48)17-14-31/h8-19,23,25,27-28,37-38,42,56H,5-7,20-22,24,26,49-50H2,1-4H3,(H,51,60)(H,52,61)(H,53,59)(H,54,58). The number of ether oxygens (including phenoxy) is 2. The number of aromatic hydroxyl groups is 1. The van der Waals surface area contributed by atoms with Crippen LogP contribution >= 0.6 is 11.6 Å². The number of nitrogens with two attached hydrogens (primary N) is 2. The molecule has 4 aromatic rings. The molecule has 4 bridgehead atoms. The Morgan fingerprint density at radius 2 is 1.56 bits per heavy atom. The first kappa shape index (κ1) is 48.7. The number of hydrogen-bond donors (Lipinski definition) is 7. The van der Waals surface area contributed by atoms with Gasteiger partial charge in [0.1, 0.15) is 48.9 Å². The van der Waals surface area contributed by atoms with Crippen molar-refractivity contribution in [1.82, 2.24) is 26.2 Å². The van der Waals surface area contributed by atoms with Crippen LogP contribution in [-0.2, 0) is 35.1 Å². The smallest absolute Gasteiger partial charge is 0.251 e. The number of nitrogens with zero attached hydrogens (tertiary/aromatic N) is 1. The number of halogens is 1. The zero-order valence-corrected chi connectivity index (χ0v) is 37.1. The van der Waals surface area contributed by atoms with Gasteiger partial charge >= 0.3 is 0 Å². The van der Waals surface area contributed by atoms with E-state index in [1.54, 1.807) is 66.7 Å². The molecule has 0 spiro atoms. The van der Waals surface area contributed by atoms with Crippen LogP contribution in [0.15, 0.2) is 84.9 Å². The number of nitrogens with one attached hydrogen (secondary N) is 4. The average molecular weight is 898 g/mol. The third kappa shape index (κ3) is 12.4. The summed E-state index contributed by atoms with van der Waals surface area (Å²) in [6, 6.07) is 17.7. The lowest BCUT2D eigenvalue weighted by molar-refractivity contribution is -0.141. The Balaban J connectivity index is 1.53. The van der Waals surface area contributed by atoms with Crippen molar-refractivity contribution in [3.05, 3.63) is 107 Å². The molecule has 9 N–H and O–H groups in total. The average Bonchev–Trinajstić information content (AvgIpc) is 3.28. The molecule has 0 fully saturated rings. The van der Waals surface area contributed by atoms with Gasteiger partial charge in [-0.25, -0.2) is 0 Å². The zero-order valence-electron chi connectivity index (χ0n) is 36.3. The van der Waals surface area contributed by atoms with Crippen molar-refractivity contribution in [2.75, 3.05) is 40.5 Å². The van der Waals surface area contributed by atoms with Gasteiger partial charge in [-0.05, 0) is 110 Å². The molecular weight excluding hydrogens is 842 g/mol. The van der Waals surface area contributed by atoms with Crippen LogP contribution in [0.2, 0.25) is 5.02 Å². The molecule has 5 atom stereocenters. The zero-order chi connectivity index (χ0) is 46.5. The summed E-state index contributed by atoms with van der Waals surface area (Å²) in [6.07, 6.45) is 1.16. The van der Waals surface area contributed by atoms with Crippen molar-refractivity contribution < 1.29 is 43.3 Å². The number of hydrogen-bond acceptors (Lipinski definition) is 11. The highest BCUT2D eigenvalue weighted by molar-refractivity contribution is 6.30. The Hall–Kier alpha value is -6.33. The molecule has 5 rings (SSSR count). The molecule has 0 radical (unpaired) electrons. The van der Waals surface area contributed by atoms with Gasteiger partial charge in [-0.15, -0.1) is 0 Å². The molecule has 0 saturated heterocycles. The van der Waals surface area contributed by atoms with Crippen molar-refractivity contribution in [1.29, 1.82) is 0 Å². The third-order valence-electron chi connectivity index (χ3n) is 10.9. The maximum Gasteiger partial charge on any atom is 0.251 e. The summed E-state index contributed by atoms with van der Waals surface area (Å²) in [5.74, 6) is -3.55. The fourth-order valence-electron chi connectivity index (χ4n) is 7.28. The van der Waals surface area contributed by atoms with Crippen molar-refractivity contribution in [2.24, 2.45) is 11.5 Å². The predicted octanol–water partition coefficient (Wildman–Crippen LogP) is 3.41. The van der Waals surface area contributed by atoms with Crippen molar-refractivity contribution >= 4 is 46.9 Å². The highest BCUT2D eigenvalue weighted by atomic mass is 35.5. The molecule has 0 saturated carbocycles. The fraction of sp³-hybridized carbons (Fsp3) is 0.362. The fourth-order valence-corrected chi connectivity index (χ4v) is 7.41. The molecule has 17 heteroatoms. The van der Waals surface area contributed by atoms with E-state index in [1.807, 2.05) is 12.1 Å². The Kier molecular flexibility index (Phi) is 17.4. The molecule has 5 unspecified atom stereocenters. The summed E-state index contributed by atoms with van der Waals surface area (Å²) in [5, 5.41) is 22.8. The maximum atomic E-state index is 14.7. The molecule has 0 aliphatic carbocycles. The minimum atomic E-state index is -1.40. The van der Waals surface area contributed by atoms with E-state index >= 15 is 0 Å². The number of likely N-dealkylation sites (N-methyl/N-ethyl adjacent to an activating group) is 1. The van der Waals surface area contributed by atoms with Gasteiger partial charge in [-0.3, -0.25) is 28.8 Å². The highest BCUT2D eigenvalue weighted by Crippen LogP contribution is 2.39. The van der Waals surface area contributed by atoms with Crippen LogP contribution in [0.25, 0.3) is 22.3 Å². The van der Waals surface area contributed by atoms with Crippen LogP contribution in [0.5, 0.6) is 11.5 Å². The monoisotopic (exact) mass is 897 g/mol. The largest absolute Gasteiger partial charge is 0.507 e. The molecule has 1 aliphatic heterocycles. The Bertz CT molecular complexity index is 2310. The van der Waals surface area contributed by atoms with E-state index in [9.17, 15) is 33.9 Å². The minimum absolute atomic E-state index is 0.0704. The quantitative estimate of drug-likeness (QED) is 0.0758. The summed E-state index contributed by atoms with van der Waals surface area (Å²) in [5.41, 5.74) is 15.1. The lowest BCUT2D eigenvalue weighted by Gasteiger charge is -2.32. The lowest BCUT2D eigenvalue weighted by atomic mass is 9.93. The van der Waals surface area contributed by atoms with E-state index < -0.39 is 65.5 Å². The first-order chi connectivity index (χ1) is 30.6. The van der Waals surface area contributed by atoms with Gasteiger partial charge < -0.3 is 52.2 Å². The van der Waals surface area contributed by atoms with E-state index in [0.717, 1.165) is 11.1 Å². The van der Waals surface area contributed by atoms with Gasteiger partial charge in [0.15, 0.2) is 5.78 Å². The van der Waals surface area contributed by atoms with Crippen LogP contribution in [0.3, 0.4) is 0 Å².